The number of carbonyl (C=O) groups is 1. The molecule has 4 nitrogen and oxygen atoms in total. The number of amides is 1. The molecule has 0 radical (unpaired) electrons. The quantitative estimate of drug-likeness (QED) is 0.888. The molecule has 0 aliphatic carbocycles. The van der Waals surface area contributed by atoms with E-state index >= 15 is 0 Å². The number of nitrogen functional groups attached to an aromatic ring is 1. The van der Waals surface area contributed by atoms with E-state index < -0.39 is 0 Å². The van der Waals surface area contributed by atoms with Crippen LogP contribution in [0.1, 0.15) is 10.4 Å². The first-order chi connectivity index (χ1) is 8.58. The number of nitrogens with one attached hydrogen (secondary N) is 1. The van der Waals surface area contributed by atoms with Crippen molar-refractivity contribution >= 4 is 40.6 Å². The average molecular weight is 282 g/mol. The minimum atomic E-state index is -0.348. The fourth-order valence-electron chi connectivity index (χ4n) is 1.38. The summed E-state index contributed by atoms with van der Waals surface area (Å²) in [5.74, 6) is -0.172. The Morgan fingerprint density at radius 2 is 2.00 bits per heavy atom. The van der Waals surface area contributed by atoms with Crippen molar-refractivity contribution in [3.8, 4) is 0 Å². The lowest BCUT2D eigenvalue weighted by Gasteiger charge is -2.07. The monoisotopic (exact) mass is 281 g/mol. The molecule has 0 aliphatic rings. The van der Waals surface area contributed by atoms with Crippen LogP contribution in [0.5, 0.6) is 0 Å². The Kier molecular flexibility index (Phi) is 3.69. The van der Waals surface area contributed by atoms with Crippen LogP contribution < -0.4 is 11.1 Å². The second-order valence-corrected chi connectivity index (χ2v) is 4.33. The van der Waals surface area contributed by atoms with E-state index in [0.29, 0.717) is 21.3 Å². The summed E-state index contributed by atoms with van der Waals surface area (Å²) in [6.45, 7) is 0. The van der Waals surface area contributed by atoms with Crippen LogP contribution in [0.4, 0.5) is 11.5 Å². The normalized spacial score (nSPS) is 10.1. The summed E-state index contributed by atoms with van der Waals surface area (Å²) in [5.41, 5.74) is 6.46. The minimum absolute atomic E-state index is 0.176. The highest BCUT2D eigenvalue weighted by atomic mass is 35.5. The van der Waals surface area contributed by atoms with E-state index in [-0.39, 0.29) is 11.7 Å². The van der Waals surface area contributed by atoms with Crippen LogP contribution in [0.2, 0.25) is 10.0 Å². The van der Waals surface area contributed by atoms with E-state index in [2.05, 4.69) is 10.3 Å². The number of hydrogen-bond acceptors (Lipinski definition) is 3. The lowest BCUT2D eigenvalue weighted by molar-refractivity contribution is 0.102. The number of carbonyl (C=O) groups excluding carboxylic acids is 1. The number of anilines is 2. The second kappa shape index (κ2) is 5.25. The summed E-state index contributed by atoms with van der Waals surface area (Å²) in [7, 11) is 0. The van der Waals surface area contributed by atoms with E-state index in [0.717, 1.165) is 0 Å². The van der Waals surface area contributed by atoms with E-state index in [1.807, 2.05) is 0 Å². The third-order valence-corrected chi connectivity index (χ3v) is 3.00. The number of pyridine rings is 1. The SMILES string of the molecule is Nc1ncccc1C(=O)Nc1ccc(Cl)c(Cl)c1. The molecule has 0 fully saturated rings. The summed E-state index contributed by atoms with van der Waals surface area (Å²) in [6.07, 6.45) is 1.52. The number of halogens is 2. The summed E-state index contributed by atoms with van der Waals surface area (Å²) < 4.78 is 0. The van der Waals surface area contributed by atoms with Gasteiger partial charge in [-0.15, -0.1) is 0 Å². The molecule has 0 unspecified atom stereocenters. The molecular weight excluding hydrogens is 273 g/mol. The fraction of sp³-hybridized carbons (Fsp3) is 0. The Balaban J connectivity index is 2.22. The van der Waals surface area contributed by atoms with Gasteiger partial charge in [0.15, 0.2) is 0 Å². The van der Waals surface area contributed by atoms with Gasteiger partial charge >= 0.3 is 0 Å². The van der Waals surface area contributed by atoms with Crippen LogP contribution in [0.25, 0.3) is 0 Å². The van der Waals surface area contributed by atoms with Gasteiger partial charge in [0.05, 0.1) is 15.6 Å². The van der Waals surface area contributed by atoms with E-state index in [4.69, 9.17) is 28.9 Å². The average Bonchev–Trinajstić information content (AvgIpc) is 2.34. The van der Waals surface area contributed by atoms with Crippen LogP contribution in [0, 0.1) is 0 Å². The molecule has 2 aromatic rings. The van der Waals surface area contributed by atoms with Crippen molar-refractivity contribution in [1.29, 1.82) is 0 Å². The highest BCUT2D eigenvalue weighted by Gasteiger charge is 2.10. The number of benzene rings is 1. The third-order valence-electron chi connectivity index (χ3n) is 2.26. The van der Waals surface area contributed by atoms with Crippen molar-refractivity contribution in [2.24, 2.45) is 0 Å². The van der Waals surface area contributed by atoms with Crippen molar-refractivity contribution < 1.29 is 4.79 Å². The van der Waals surface area contributed by atoms with E-state index in [1.165, 1.54) is 6.20 Å². The largest absolute Gasteiger partial charge is 0.383 e. The zero-order valence-corrected chi connectivity index (χ0v) is 10.7. The maximum absolute atomic E-state index is 11.9. The lowest BCUT2D eigenvalue weighted by Crippen LogP contribution is -2.14. The molecule has 0 aliphatic heterocycles. The molecule has 3 N–H and O–H groups in total. The lowest BCUT2D eigenvalue weighted by atomic mass is 10.2. The fourth-order valence-corrected chi connectivity index (χ4v) is 1.68. The maximum atomic E-state index is 11.9. The number of hydrogen-bond donors (Lipinski definition) is 2. The van der Waals surface area contributed by atoms with Crippen molar-refractivity contribution in [1.82, 2.24) is 4.98 Å². The number of rotatable bonds is 2. The van der Waals surface area contributed by atoms with Gasteiger partial charge in [0.25, 0.3) is 5.91 Å². The zero-order chi connectivity index (χ0) is 13.1. The Morgan fingerprint density at radius 3 is 2.67 bits per heavy atom. The Morgan fingerprint density at radius 1 is 1.22 bits per heavy atom. The topological polar surface area (TPSA) is 68.0 Å². The van der Waals surface area contributed by atoms with Crippen molar-refractivity contribution in [2.45, 2.75) is 0 Å². The van der Waals surface area contributed by atoms with Gasteiger partial charge in [0.2, 0.25) is 0 Å². The smallest absolute Gasteiger partial charge is 0.259 e. The second-order valence-electron chi connectivity index (χ2n) is 3.52. The van der Waals surface area contributed by atoms with Crippen LogP contribution >= 0.6 is 23.2 Å². The van der Waals surface area contributed by atoms with Crippen molar-refractivity contribution in [3.05, 3.63) is 52.1 Å². The van der Waals surface area contributed by atoms with Crippen molar-refractivity contribution in [2.75, 3.05) is 11.1 Å². The molecule has 0 atom stereocenters. The third kappa shape index (κ3) is 2.72. The number of nitrogens with zero attached hydrogens (tertiary/aromatic N) is 1. The Bertz CT molecular complexity index is 602. The van der Waals surface area contributed by atoms with Gasteiger partial charge in [-0.05, 0) is 30.3 Å². The zero-order valence-electron chi connectivity index (χ0n) is 9.15. The molecule has 2 rings (SSSR count). The summed E-state index contributed by atoms with van der Waals surface area (Å²) in [5, 5.41) is 3.46. The molecule has 92 valence electrons. The first-order valence-electron chi connectivity index (χ1n) is 5.05. The molecule has 0 bridgehead atoms. The predicted octanol–water partition coefficient (Wildman–Crippen LogP) is 3.22. The molecule has 1 aromatic carbocycles. The maximum Gasteiger partial charge on any atom is 0.259 e. The van der Waals surface area contributed by atoms with Gasteiger partial charge in [-0.25, -0.2) is 4.98 Å². The molecule has 0 saturated carbocycles. The van der Waals surface area contributed by atoms with E-state index in [1.54, 1.807) is 30.3 Å². The molecule has 1 heterocycles. The summed E-state index contributed by atoms with van der Waals surface area (Å²) in [6, 6.07) is 8.05. The molecule has 0 spiro atoms. The van der Waals surface area contributed by atoms with Crippen molar-refractivity contribution in [3.63, 3.8) is 0 Å². The number of nitrogens with two attached hydrogens (primary N) is 1. The highest BCUT2D eigenvalue weighted by molar-refractivity contribution is 6.42. The molecule has 6 heteroatoms. The summed E-state index contributed by atoms with van der Waals surface area (Å²) >= 11 is 11.6. The molecule has 1 amide bonds. The summed E-state index contributed by atoms with van der Waals surface area (Å²) in [4.78, 5) is 15.8. The Hall–Kier alpha value is -1.78. The van der Waals surface area contributed by atoms with Crippen LogP contribution in [0.3, 0.4) is 0 Å². The standard InChI is InChI=1S/C12H9Cl2N3O/c13-9-4-3-7(6-10(9)14)17-12(18)8-2-1-5-16-11(8)15/h1-6H,(H2,15,16)(H,17,18). The number of aromatic nitrogens is 1. The van der Waals surface area contributed by atoms with Gasteiger partial charge < -0.3 is 11.1 Å². The molecule has 18 heavy (non-hydrogen) atoms. The Labute approximate surface area is 114 Å². The first kappa shape index (κ1) is 12.7. The molecular formula is C12H9Cl2N3O. The van der Waals surface area contributed by atoms with Gasteiger partial charge in [-0.2, -0.15) is 0 Å². The predicted molar refractivity (Wildman–Crippen MR) is 73.1 cm³/mol. The van der Waals surface area contributed by atoms with Crippen LogP contribution in [-0.2, 0) is 0 Å². The van der Waals surface area contributed by atoms with Gasteiger partial charge in [-0.1, -0.05) is 23.2 Å². The first-order valence-corrected chi connectivity index (χ1v) is 5.80. The van der Waals surface area contributed by atoms with Crippen LogP contribution in [0.15, 0.2) is 36.5 Å². The minimum Gasteiger partial charge on any atom is -0.383 e. The van der Waals surface area contributed by atoms with Gasteiger partial charge in [0, 0.05) is 11.9 Å². The van der Waals surface area contributed by atoms with Gasteiger partial charge in [0.1, 0.15) is 5.82 Å². The van der Waals surface area contributed by atoms with Gasteiger partial charge in [-0.3, -0.25) is 4.79 Å². The highest BCUT2D eigenvalue weighted by Crippen LogP contribution is 2.25. The van der Waals surface area contributed by atoms with E-state index in [9.17, 15) is 4.79 Å². The molecule has 0 saturated heterocycles. The van der Waals surface area contributed by atoms with Crippen LogP contribution in [-0.4, -0.2) is 10.9 Å². The molecule has 1 aromatic heterocycles.